The molecule has 2 aromatic rings. The van der Waals surface area contributed by atoms with E-state index < -0.39 is 0 Å². The maximum absolute atomic E-state index is 11.9. The zero-order valence-corrected chi connectivity index (χ0v) is 13.3. The van der Waals surface area contributed by atoms with Crippen LogP contribution in [0.4, 0.5) is 5.69 Å². The molecule has 0 saturated carbocycles. The number of carbonyl (C=O) groups is 1. The van der Waals surface area contributed by atoms with Crippen LogP contribution in [0.5, 0.6) is 0 Å². The van der Waals surface area contributed by atoms with Crippen molar-refractivity contribution in [3.63, 3.8) is 0 Å². The van der Waals surface area contributed by atoms with Crippen LogP contribution in [-0.2, 0) is 11.2 Å². The normalized spacial score (nSPS) is 10.3. The van der Waals surface area contributed by atoms with Crippen LogP contribution in [0.1, 0.15) is 23.1 Å². The van der Waals surface area contributed by atoms with E-state index in [-0.39, 0.29) is 5.91 Å². The van der Waals surface area contributed by atoms with Crippen molar-refractivity contribution in [1.82, 2.24) is 0 Å². The van der Waals surface area contributed by atoms with Crippen molar-refractivity contribution in [1.29, 1.82) is 0 Å². The monoisotopic (exact) mass is 331 g/mol. The molecule has 3 heteroatoms. The summed E-state index contributed by atoms with van der Waals surface area (Å²) in [5.74, 6) is 0.0484. The molecule has 1 N–H and O–H groups in total. The SMILES string of the molecule is Cc1ccc(CCC(=O)Nc2ccc(Br)c(C)c2)cc1. The molecule has 0 radical (unpaired) electrons. The summed E-state index contributed by atoms with van der Waals surface area (Å²) in [6.45, 7) is 4.07. The second-order valence-corrected chi connectivity index (χ2v) is 5.85. The molecule has 0 bridgehead atoms. The maximum Gasteiger partial charge on any atom is 0.224 e. The first-order valence-corrected chi connectivity index (χ1v) is 7.45. The van der Waals surface area contributed by atoms with Gasteiger partial charge in [-0.15, -0.1) is 0 Å². The predicted molar refractivity (Wildman–Crippen MR) is 87.0 cm³/mol. The van der Waals surface area contributed by atoms with E-state index in [1.165, 1.54) is 11.1 Å². The van der Waals surface area contributed by atoms with Gasteiger partial charge in [0.05, 0.1) is 0 Å². The van der Waals surface area contributed by atoms with Crippen molar-refractivity contribution in [2.75, 3.05) is 5.32 Å². The van der Waals surface area contributed by atoms with Gasteiger partial charge in [0.2, 0.25) is 5.91 Å². The van der Waals surface area contributed by atoms with Crippen LogP contribution in [0.3, 0.4) is 0 Å². The lowest BCUT2D eigenvalue weighted by Gasteiger charge is -2.07. The number of carbonyl (C=O) groups excluding carboxylic acids is 1. The minimum Gasteiger partial charge on any atom is -0.326 e. The lowest BCUT2D eigenvalue weighted by Crippen LogP contribution is -2.12. The summed E-state index contributed by atoms with van der Waals surface area (Å²) in [7, 11) is 0. The summed E-state index contributed by atoms with van der Waals surface area (Å²) < 4.78 is 1.05. The minimum atomic E-state index is 0.0484. The fourth-order valence-corrected chi connectivity index (χ4v) is 2.21. The van der Waals surface area contributed by atoms with Crippen LogP contribution in [0, 0.1) is 13.8 Å². The summed E-state index contributed by atoms with van der Waals surface area (Å²) >= 11 is 3.45. The van der Waals surface area contributed by atoms with E-state index in [2.05, 4.69) is 52.4 Å². The average Bonchev–Trinajstić information content (AvgIpc) is 2.42. The first-order chi connectivity index (χ1) is 9.54. The molecule has 1 amide bonds. The summed E-state index contributed by atoms with van der Waals surface area (Å²) in [6, 6.07) is 14.1. The lowest BCUT2D eigenvalue weighted by atomic mass is 10.1. The van der Waals surface area contributed by atoms with Crippen molar-refractivity contribution in [2.45, 2.75) is 26.7 Å². The Kier molecular flexibility index (Phi) is 4.96. The van der Waals surface area contributed by atoms with Gasteiger partial charge in [-0.2, -0.15) is 0 Å². The van der Waals surface area contributed by atoms with E-state index in [4.69, 9.17) is 0 Å². The number of halogens is 1. The molecule has 2 aromatic carbocycles. The van der Waals surface area contributed by atoms with E-state index in [0.717, 1.165) is 22.1 Å². The molecule has 0 unspecified atom stereocenters. The van der Waals surface area contributed by atoms with Gasteiger partial charge in [-0.1, -0.05) is 45.8 Å². The summed E-state index contributed by atoms with van der Waals surface area (Å²) in [5, 5.41) is 2.93. The molecule has 0 aliphatic rings. The van der Waals surface area contributed by atoms with Crippen LogP contribution in [-0.4, -0.2) is 5.91 Å². The van der Waals surface area contributed by atoms with Crippen molar-refractivity contribution in [3.8, 4) is 0 Å². The zero-order valence-electron chi connectivity index (χ0n) is 11.7. The van der Waals surface area contributed by atoms with E-state index in [1.807, 2.05) is 25.1 Å². The van der Waals surface area contributed by atoms with Gasteiger partial charge >= 0.3 is 0 Å². The number of aryl methyl sites for hydroxylation is 3. The minimum absolute atomic E-state index is 0.0484. The van der Waals surface area contributed by atoms with E-state index >= 15 is 0 Å². The van der Waals surface area contributed by atoms with Crippen LogP contribution in [0.25, 0.3) is 0 Å². The van der Waals surface area contributed by atoms with Crippen molar-refractivity contribution in [3.05, 3.63) is 63.6 Å². The largest absolute Gasteiger partial charge is 0.326 e. The Morgan fingerprint density at radius 2 is 1.80 bits per heavy atom. The van der Waals surface area contributed by atoms with Crippen LogP contribution in [0.15, 0.2) is 46.9 Å². The highest BCUT2D eigenvalue weighted by Gasteiger charge is 2.04. The Hall–Kier alpha value is -1.61. The molecular weight excluding hydrogens is 314 g/mol. The van der Waals surface area contributed by atoms with Gasteiger partial charge in [-0.25, -0.2) is 0 Å². The van der Waals surface area contributed by atoms with Gasteiger partial charge in [0.25, 0.3) is 0 Å². The molecule has 20 heavy (non-hydrogen) atoms. The standard InChI is InChI=1S/C17H18BrNO/c1-12-3-5-14(6-4-12)7-10-17(20)19-15-8-9-16(18)13(2)11-15/h3-6,8-9,11H,7,10H2,1-2H3,(H,19,20). The molecule has 0 aliphatic heterocycles. The van der Waals surface area contributed by atoms with Crippen LogP contribution in [0.2, 0.25) is 0 Å². The molecule has 104 valence electrons. The summed E-state index contributed by atoms with van der Waals surface area (Å²) in [4.78, 5) is 11.9. The highest BCUT2D eigenvalue weighted by atomic mass is 79.9. The molecule has 0 aliphatic carbocycles. The number of hydrogen-bond donors (Lipinski definition) is 1. The second-order valence-electron chi connectivity index (χ2n) is 5.00. The molecule has 2 rings (SSSR count). The van der Waals surface area contributed by atoms with Crippen LogP contribution < -0.4 is 5.32 Å². The number of hydrogen-bond acceptors (Lipinski definition) is 1. The predicted octanol–water partition coefficient (Wildman–Crippen LogP) is 4.64. The van der Waals surface area contributed by atoms with E-state index in [1.54, 1.807) is 0 Å². The first kappa shape index (κ1) is 14.8. The van der Waals surface area contributed by atoms with Gasteiger partial charge in [0.15, 0.2) is 0 Å². The summed E-state index contributed by atoms with van der Waals surface area (Å²) in [5.41, 5.74) is 4.39. The fourth-order valence-electron chi connectivity index (χ4n) is 1.96. The Balaban J connectivity index is 1.89. The molecule has 0 aromatic heterocycles. The Morgan fingerprint density at radius 3 is 2.45 bits per heavy atom. The number of benzene rings is 2. The van der Waals surface area contributed by atoms with E-state index in [0.29, 0.717) is 6.42 Å². The molecule has 0 fully saturated rings. The number of nitrogens with one attached hydrogen (secondary N) is 1. The van der Waals surface area contributed by atoms with Crippen LogP contribution >= 0.6 is 15.9 Å². The molecule has 0 spiro atoms. The summed E-state index contributed by atoms with van der Waals surface area (Å²) in [6.07, 6.45) is 1.26. The van der Waals surface area contributed by atoms with Gasteiger partial charge < -0.3 is 5.32 Å². The van der Waals surface area contributed by atoms with Gasteiger partial charge in [-0.3, -0.25) is 4.79 Å². The third kappa shape index (κ3) is 4.20. The van der Waals surface area contributed by atoms with Gasteiger partial charge in [-0.05, 0) is 49.6 Å². The van der Waals surface area contributed by atoms with Crippen molar-refractivity contribution < 1.29 is 4.79 Å². The number of amides is 1. The number of rotatable bonds is 4. The van der Waals surface area contributed by atoms with Gasteiger partial charge in [0, 0.05) is 16.6 Å². The number of anilines is 1. The fraction of sp³-hybridized carbons (Fsp3) is 0.235. The maximum atomic E-state index is 11.9. The second kappa shape index (κ2) is 6.71. The highest BCUT2D eigenvalue weighted by molar-refractivity contribution is 9.10. The van der Waals surface area contributed by atoms with Gasteiger partial charge in [0.1, 0.15) is 0 Å². The van der Waals surface area contributed by atoms with E-state index in [9.17, 15) is 4.79 Å². The first-order valence-electron chi connectivity index (χ1n) is 6.66. The third-order valence-electron chi connectivity index (χ3n) is 3.20. The lowest BCUT2D eigenvalue weighted by molar-refractivity contribution is -0.116. The topological polar surface area (TPSA) is 29.1 Å². The Labute approximate surface area is 128 Å². The smallest absolute Gasteiger partial charge is 0.224 e. The third-order valence-corrected chi connectivity index (χ3v) is 4.09. The molecular formula is C17H18BrNO. The Bertz CT molecular complexity index is 605. The average molecular weight is 332 g/mol. The zero-order chi connectivity index (χ0) is 14.5. The quantitative estimate of drug-likeness (QED) is 0.868. The molecule has 2 nitrogen and oxygen atoms in total. The molecule has 0 saturated heterocycles. The van der Waals surface area contributed by atoms with Crippen molar-refractivity contribution >= 4 is 27.5 Å². The van der Waals surface area contributed by atoms with Crippen molar-refractivity contribution in [2.24, 2.45) is 0 Å². The molecule has 0 atom stereocenters. The highest BCUT2D eigenvalue weighted by Crippen LogP contribution is 2.20. The Morgan fingerprint density at radius 1 is 1.10 bits per heavy atom. The molecule has 0 heterocycles.